The minimum Gasteiger partial charge on any atom is -0.379 e. The minimum absolute atomic E-state index is 0.0919. The smallest absolute Gasteiger partial charge is 0.276 e. The summed E-state index contributed by atoms with van der Waals surface area (Å²) in [5, 5.41) is 10.7. The van der Waals surface area contributed by atoms with Crippen LogP contribution >= 0.6 is 0 Å². The lowest BCUT2D eigenvalue weighted by Gasteiger charge is -2.30. The van der Waals surface area contributed by atoms with E-state index in [1.165, 1.54) is 4.90 Å². The molecule has 186 valence electrons. The molecule has 4 fully saturated rings. The van der Waals surface area contributed by atoms with Gasteiger partial charge >= 0.3 is 0 Å². The molecule has 2 bridgehead atoms. The average molecular weight is 491 g/mol. The summed E-state index contributed by atoms with van der Waals surface area (Å²) >= 11 is 0. The van der Waals surface area contributed by atoms with Crippen LogP contribution in [0.25, 0.3) is 5.69 Å². The van der Waals surface area contributed by atoms with Crippen molar-refractivity contribution in [3.05, 3.63) is 41.2 Å². The highest BCUT2D eigenvalue weighted by Crippen LogP contribution is 2.56. The van der Waals surface area contributed by atoms with Crippen molar-refractivity contribution in [3.8, 4) is 5.69 Å². The molecule has 2 aromatic rings. The fourth-order valence-electron chi connectivity index (χ4n) is 7.29. The molecule has 6 atom stereocenters. The van der Waals surface area contributed by atoms with E-state index in [0.29, 0.717) is 35.4 Å². The largest absolute Gasteiger partial charge is 0.379 e. The van der Waals surface area contributed by atoms with Crippen molar-refractivity contribution >= 4 is 23.6 Å². The molecule has 4 heterocycles. The lowest BCUT2D eigenvalue weighted by molar-refractivity contribution is -0.136. The molecule has 3 aliphatic heterocycles. The van der Waals surface area contributed by atoms with Gasteiger partial charge in [-0.05, 0) is 60.8 Å². The summed E-state index contributed by atoms with van der Waals surface area (Å²) in [6.07, 6.45) is 4.51. The molecule has 7 rings (SSSR count). The summed E-state index contributed by atoms with van der Waals surface area (Å²) in [4.78, 5) is 53.6. The number of nitrogens with one attached hydrogen (secondary N) is 1. The number of amides is 4. The second-order valence-electron chi connectivity index (χ2n) is 10.6. The fraction of sp³-hybridized carbons (Fsp3) is 0.520. The number of nitrogens with zero attached hydrogens (tertiary/aromatic N) is 5. The standard InChI is InChI=1S/C25H26N6O5/c1-36-22-12-6-13-10-30(21(22)17(13)8-12)25(35)18-11-31(28-27-18)15-2-3-16-14(7-15)9-29(24(16)34)19-4-5-20(32)26-23(19)33/h2-3,7,11-13,17,19,21-22H,4-6,8-10H2,1H3,(H,26,32,33). The number of hydrogen-bond acceptors (Lipinski definition) is 7. The third-order valence-electron chi connectivity index (χ3n) is 8.83. The van der Waals surface area contributed by atoms with Gasteiger partial charge < -0.3 is 14.5 Å². The van der Waals surface area contributed by atoms with E-state index in [1.807, 2.05) is 11.0 Å². The monoisotopic (exact) mass is 490 g/mol. The van der Waals surface area contributed by atoms with Crippen LogP contribution in [0.1, 0.15) is 52.1 Å². The number of aromatic nitrogens is 3. The van der Waals surface area contributed by atoms with Gasteiger partial charge in [-0.1, -0.05) is 5.21 Å². The Morgan fingerprint density at radius 2 is 2.03 bits per heavy atom. The maximum Gasteiger partial charge on any atom is 0.276 e. The third kappa shape index (κ3) is 3.01. The second kappa shape index (κ2) is 7.70. The van der Waals surface area contributed by atoms with E-state index < -0.39 is 11.9 Å². The molecule has 5 aliphatic rings. The number of methoxy groups -OCH3 is 1. The van der Waals surface area contributed by atoms with Gasteiger partial charge in [0, 0.05) is 32.2 Å². The number of benzene rings is 1. The first-order valence-corrected chi connectivity index (χ1v) is 12.5. The summed E-state index contributed by atoms with van der Waals surface area (Å²) in [5.74, 6) is 0.498. The highest BCUT2D eigenvalue weighted by molar-refractivity contribution is 6.05. The number of ether oxygens (including phenoxy) is 1. The van der Waals surface area contributed by atoms with Crippen LogP contribution in [0.3, 0.4) is 0 Å². The Labute approximate surface area is 206 Å². The Hall–Kier alpha value is -3.60. The van der Waals surface area contributed by atoms with Crippen molar-refractivity contribution in [2.75, 3.05) is 13.7 Å². The van der Waals surface area contributed by atoms with Crippen molar-refractivity contribution in [3.63, 3.8) is 0 Å². The van der Waals surface area contributed by atoms with Gasteiger partial charge in [0.05, 0.1) is 24.0 Å². The molecule has 4 amide bonds. The Morgan fingerprint density at radius 1 is 1.17 bits per heavy atom. The SMILES string of the molecule is COC1C2CC3CN(C(=O)c4cn(-c5ccc6c(c5)CN(C5CCC(=O)NC5=O)C6=O)nn4)C1C3C2. The third-order valence-corrected chi connectivity index (χ3v) is 8.83. The second-order valence-corrected chi connectivity index (χ2v) is 10.6. The van der Waals surface area contributed by atoms with Crippen LogP contribution in [0.5, 0.6) is 0 Å². The van der Waals surface area contributed by atoms with Crippen LogP contribution in [0.4, 0.5) is 0 Å². The molecule has 2 saturated carbocycles. The Balaban J connectivity index is 1.11. The molecule has 1 aromatic heterocycles. The van der Waals surface area contributed by atoms with Crippen molar-refractivity contribution in [1.29, 1.82) is 0 Å². The molecular formula is C25H26N6O5. The molecule has 2 aliphatic carbocycles. The van der Waals surface area contributed by atoms with Crippen molar-refractivity contribution in [1.82, 2.24) is 30.1 Å². The van der Waals surface area contributed by atoms with Crippen LogP contribution in [-0.4, -0.2) is 80.3 Å². The van der Waals surface area contributed by atoms with E-state index in [9.17, 15) is 19.2 Å². The normalized spacial score (nSPS) is 32.4. The Kier molecular flexibility index (Phi) is 4.63. The lowest BCUT2D eigenvalue weighted by atomic mass is 9.88. The van der Waals surface area contributed by atoms with E-state index in [-0.39, 0.29) is 48.5 Å². The molecule has 11 nitrogen and oxygen atoms in total. The Bertz CT molecular complexity index is 1320. The minimum atomic E-state index is -0.663. The van der Waals surface area contributed by atoms with Crippen molar-refractivity contribution < 1.29 is 23.9 Å². The molecule has 36 heavy (non-hydrogen) atoms. The van der Waals surface area contributed by atoms with E-state index in [4.69, 9.17) is 4.74 Å². The van der Waals surface area contributed by atoms with E-state index in [0.717, 1.165) is 24.9 Å². The highest BCUT2D eigenvalue weighted by atomic mass is 16.5. The number of imide groups is 1. The lowest BCUT2D eigenvalue weighted by Crippen LogP contribution is -2.52. The zero-order chi connectivity index (χ0) is 24.7. The van der Waals surface area contributed by atoms with Gasteiger partial charge in [-0.15, -0.1) is 5.10 Å². The van der Waals surface area contributed by atoms with Crippen LogP contribution < -0.4 is 5.32 Å². The summed E-state index contributed by atoms with van der Waals surface area (Å²) in [6, 6.07) is 4.75. The van der Waals surface area contributed by atoms with Crippen molar-refractivity contribution in [2.24, 2.45) is 17.8 Å². The van der Waals surface area contributed by atoms with Gasteiger partial charge in [-0.2, -0.15) is 0 Å². The molecular weight excluding hydrogens is 464 g/mol. The number of carbonyl (C=O) groups is 4. The van der Waals surface area contributed by atoms with Gasteiger partial charge in [-0.3, -0.25) is 24.5 Å². The van der Waals surface area contributed by atoms with Crippen LogP contribution in [0, 0.1) is 17.8 Å². The average Bonchev–Trinajstić information content (AvgIpc) is 3.66. The maximum atomic E-state index is 13.4. The van der Waals surface area contributed by atoms with Gasteiger partial charge in [0.1, 0.15) is 6.04 Å². The Morgan fingerprint density at radius 3 is 2.83 bits per heavy atom. The van der Waals surface area contributed by atoms with Gasteiger partial charge in [0.15, 0.2) is 5.69 Å². The predicted molar refractivity (Wildman–Crippen MR) is 123 cm³/mol. The quantitative estimate of drug-likeness (QED) is 0.619. The zero-order valence-electron chi connectivity index (χ0n) is 19.8. The summed E-state index contributed by atoms with van der Waals surface area (Å²) in [7, 11) is 1.73. The predicted octanol–water partition coefficient (Wildman–Crippen LogP) is 0.524. The van der Waals surface area contributed by atoms with Crippen LogP contribution in [0.15, 0.2) is 24.4 Å². The zero-order valence-corrected chi connectivity index (χ0v) is 19.8. The van der Waals surface area contributed by atoms with Gasteiger partial charge in [-0.25, -0.2) is 4.68 Å². The molecule has 0 spiro atoms. The first-order valence-electron chi connectivity index (χ1n) is 12.5. The number of piperidine rings is 1. The van der Waals surface area contributed by atoms with Crippen molar-refractivity contribution in [2.45, 2.75) is 50.4 Å². The molecule has 1 N–H and O–H groups in total. The number of hydrogen-bond donors (Lipinski definition) is 1. The summed E-state index contributed by atoms with van der Waals surface area (Å²) < 4.78 is 7.32. The molecule has 1 aromatic carbocycles. The molecule has 2 saturated heterocycles. The topological polar surface area (TPSA) is 127 Å². The molecule has 6 unspecified atom stereocenters. The van der Waals surface area contributed by atoms with E-state index in [1.54, 1.807) is 30.1 Å². The van der Waals surface area contributed by atoms with E-state index in [2.05, 4.69) is 15.6 Å². The number of rotatable bonds is 4. The van der Waals surface area contributed by atoms with Crippen LogP contribution in [-0.2, 0) is 20.9 Å². The van der Waals surface area contributed by atoms with Gasteiger partial charge in [0.25, 0.3) is 11.8 Å². The van der Waals surface area contributed by atoms with E-state index >= 15 is 0 Å². The van der Waals surface area contributed by atoms with Gasteiger partial charge in [0.2, 0.25) is 11.8 Å². The first kappa shape index (κ1) is 21.7. The summed E-state index contributed by atoms with van der Waals surface area (Å²) in [6.45, 7) is 1.01. The first-order chi connectivity index (χ1) is 17.4. The molecule has 0 radical (unpaired) electrons. The highest BCUT2D eigenvalue weighted by Gasteiger charge is 2.60. The fourth-order valence-corrected chi connectivity index (χ4v) is 7.29. The number of carbonyl (C=O) groups excluding carboxylic acids is 4. The van der Waals surface area contributed by atoms with Crippen LogP contribution in [0.2, 0.25) is 0 Å². The molecule has 11 heteroatoms. The maximum absolute atomic E-state index is 13.4. The summed E-state index contributed by atoms with van der Waals surface area (Å²) in [5.41, 5.74) is 2.25. The number of fused-ring (bicyclic) bond motifs is 2. The number of likely N-dealkylation sites (tertiary alicyclic amines) is 1.